The van der Waals surface area contributed by atoms with Gasteiger partial charge in [-0.15, -0.1) is 0 Å². The van der Waals surface area contributed by atoms with E-state index in [4.69, 9.17) is 16.3 Å². The summed E-state index contributed by atoms with van der Waals surface area (Å²) in [7, 11) is -2.96. The summed E-state index contributed by atoms with van der Waals surface area (Å²) in [6, 6.07) is 9.38. The molecule has 4 rings (SSSR count). The smallest absolute Gasteiger partial charge is 0.251 e. The first kappa shape index (κ1) is 29.9. The number of piperidine rings is 1. The number of hydrogen-bond acceptors (Lipinski definition) is 8. The van der Waals surface area contributed by atoms with Crippen LogP contribution in [0.1, 0.15) is 36.0 Å². The van der Waals surface area contributed by atoms with E-state index in [0.29, 0.717) is 55.6 Å². The molecule has 2 fully saturated rings. The Kier molecular flexibility index (Phi) is 10.5. The van der Waals surface area contributed by atoms with Crippen LogP contribution in [-0.4, -0.2) is 93.0 Å². The van der Waals surface area contributed by atoms with E-state index < -0.39 is 15.9 Å². The minimum absolute atomic E-state index is 0.0572. The van der Waals surface area contributed by atoms with Gasteiger partial charge in [0.15, 0.2) is 9.84 Å². The van der Waals surface area contributed by atoms with Crippen LogP contribution in [0.5, 0.6) is 0 Å². The summed E-state index contributed by atoms with van der Waals surface area (Å²) in [5.74, 6) is -0.0473. The van der Waals surface area contributed by atoms with Crippen LogP contribution in [0.3, 0.4) is 0 Å². The predicted octanol–water partition coefficient (Wildman–Crippen LogP) is 2.13. The molecule has 3 heterocycles. The van der Waals surface area contributed by atoms with Crippen molar-refractivity contribution in [2.45, 2.75) is 31.7 Å². The normalized spacial score (nSPS) is 18.2. The monoisotopic (exact) mass is 591 g/mol. The predicted molar refractivity (Wildman–Crippen MR) is 152 cm³/mol. The van der Waals surface area contributed by atoms with Crippen LogP contribution < -0.4 is 15.5 Å². The Hall–Kier alpha value is -3.06. The highest BCUT2D eigenvalue weighted by atomic mass is 35.5. The van der Waals surface area contributed by atoms with Gasteiger partial charge in [-0.2, -0.15) is 0 Å². The number of anilines is 2. The number of halogens is 1. The van der Waals surface area contributed by atoms with Crippen LogP contribution in [0.25, 0.3) is 0 Å². The highest BCUT2D eigenvalue weighted by Gasteiger charge is 2.23. The van der Waals surface area contributed by atoms with Crippen molar-refractivity contribution in [1.29, 1.82) is 0 Å². The van der Waals surface area contributed by atoms with Crippen molar-refractivity contribution in [3.63, 3.8) is 0 Å². The number of amides is 3. The van der Waals surface area contributed by atoms with Gasteiger partial charge in [-0.05, 0) is 49.2 Å². The summed E-state index contributed by atoms with van der Waals surface area (Å²) in [5.41, 5.74) is 1.15. The van der Waals surface area contributed by atoms with Crippen LogP contribution >= 0.6 is 11.6 Å². The third-order valence-electron chi connectivity index (χ3n) is 6.83. The molecule has 2 aromatic rings. The van der Waals surface area contributed by atoms with Gasteiger partial charge in [-0.25, -0.2) is 13.4 Å². The Morgan fingerprint density at radius 2 is 1.80 bits per heavy atom. The second-order valence-corrected chi connectivity index (χ2v) is 12.6. The van der Waals surface area contributed by atoms with Crippen LogP contribution in [0.15, 0.2) is 42.6 Å². The van der Waals surface area contributed by atoms with E-state index in [1.54, 1.807) is 41.3 Å². The number of benzene rings is 1. The number of hydrogen-bond donors (Lipinski definition) is 2. The molecule has 0 saturated carbocycles. The molecule has 2 N–H and O–H groups in total. The van der Waals surface area contributed by atoms with E-state index in [0.717, 1.165) is 18.5 Å². The van der Waals surface area contributed by atoms with Gasteiger partial charge in [-0.3, -0.25) is 19.3 Å². The SMILES string of the molecule is O=C(CC(COCCN1CCS(=O)(=O)CC1)NC(=O)c1ccc(N2CCCCC2=O)cc1)Nc1ccc(Cl)cn1. The maximum Gasteiger partial charge on any atom is 0.251 e. The molecule has 2 aliphatic heterocycles. The van der Waals surface area contributed by atoms with Crippen molar-refractivity contribution in [3.8, 4) is 0 Å². The van der Waals surface area contributed by atoms with Gasteiger partial charge in [0.05, 0.1) is 35.8 Å². The number of aromatic nitrogens is 1. The number of carbonyl (C=O) groups is 3. The van der Waals surface area contributed by atoms with E-state index in [9.17, 15) is 22.8 Å². The summed E-state index contributed by atoms with van der Waals surface area (Å²) >= 11 is 5.86. The van der Waals surface area contributed by atoms with Gasteiger partial charge in [-0.1, -0.05) is 11.6 Å². The Bertz CT molecular complexity index is 1280. The minimum Gasteiger partial charge on any atom is -0.378 e. The lowest BCUT2D eigenvalue weighted by Crippen LogP contribution is -2.43. The van der Waals surface area contributed by atoms with E-state index >= 15 is 0 Å². The molecule has 0 bridgehead atoms. The summed E-state index contributed by atoms with van der Waals surface area (Å²) in [6.07, 6.45) is 3.72. The second-order valence-electron chi connectivity index (χ2n) is 9.90. The number of nitrogens with zero attached hydrogens (tertiary/aromatic N) is 3. The van der Waals surface area contributed by atoms with Crippen LogP contribution in [0.2, 0.25) is 5.02 Å². The standard InChI is InChI=1S/C27H34ClN5O6S/c28-21-6-9-24(29-18-21)31-25(34)17-22(19-39-14-11-32-12-15-40(37,38)16-13-32)30-27(36)20-4-7-23(8-5-20)33-10-2-1-3-26(33)35/h4-9,18,22H,1-3,10-17,19H2,(H,30,36)(H,29,31,34). The van der Waals surface area contributed by atoms with E-state index in [-0.39, 0.29) is 42.3 Å². The first-order chi connectivity index (χ1) is 19.2. The number of carbonyl (C=O) groups excluding carboxylic acids is 3. The van der Waals surface area contributed by atoms with Gasteiger partial charge in [0, 0.05) is 56.5 Å². The fourth-order valence-corrected chi connectivity index (χ4v) is 5.94. The van der Waals surface area contributed by atoms with E-state index in [1.165, 1.54) is 6.20 Å². The average Bonchev–Trinajstić information content (AvgIpc) is 2.93. The number of sulfone groups is 1. The Morgan fingerprint density at radius 3 is 2.48 bits per heavy atom. The summed E-state index contributed by atoms with van der Waals surface area (Å²) in [5, 5.41) is 6.01. The van der Waals surface area contributed by atoms with Gasteiger partial charge in [0.25, 0.3) is 5.91 Å². The summed E-state index contributed by atoms with van der Waals surface area (Å²) in [4.78, 5) is 45.8. The topological polar surface area (TPSA) is 138 Å². The quantitative estimate of drug-likeness (QED) is 0.379. The third-order valence-corrected chi connectivity index (χ3v) is 8.67. The molecule has 2 aliphatic rings. The third kappa shape index (κ3) is 8.98. The molecule has 1 atom stereocenters. The zero-order valence-corrected chi connectivity index (χ0v) is 23.8. The lowest BCUT2D eigenvalue weighted by atomic mass is 10.1. The fourth-order valence-electron chi connectivity index (χ4n) is 4.55. The molecule has 13 heteroatoms. The minimum atomic E-state index is -2.96. The largest absolute Gasteiger partial charge is 0.378 e. The second kappa shape index (κ2) is 14.0. The van der Waals surface area contributed by atoms with Gasteiger partial charge in [0.1, 0.15) is 5.82 Å². The molecule has 1 unspecified atom stereocenters. The van der Waals surface area contributed by atoms with Crippen LogP contribution in [0.4, 0.5) is 11.5 Å². The van der Waals surface area contributed by atoms with E-state index in [2.05, 4.69) is 15.6 Å². The van der Waals surface area contributed by atoms with Crippen LogP contribution in [0, 0.1) is 0 Å². The van der Waals surface area contributed by atoms with Crippen molar-refractivity contribution in [2.24, 2.45) is 0 Å². The maximum atomic E-state index is 13.1. The molecule has 216 valence electrons. The molecule has 3 amide bonds. The summed E-state index contributed by atoms with van der Waals surface area (Å²) < 4.78 is 29.1. The lowest BCUT2D eigenvalue weighted by molar-refractivity contribution is -0.119. The maximum absolute atomic E-state index is 13.1. The van der Waals surface area contributed by atoms with Crippen molar-refractivity contribution in [3.05, 3.63) is 53.2 Å². The Balaban J connectivity index is 1.34. The van der Waals surface area contributed by atoms with Crippen molar-refractivity contribution in [2.75, 3.05) is 61.1 Å². The van der Waals surface area contributed by atoms with Gasteiger partial charge >= 0.3 is 0 Å². The Labute approximate surface area is 239 Å². The van der Waals surface area contributed by atoms with E-state index in [1.807, 2.05) is 4.90 Å². The first-order valence-electron chi connectivity index (χ1n) is 13.3. The molecular weight excluding hydrogens is 558 g/mol. The van der Waals surface area contributed by atoms with Crippen molar-refractivity contribution >= 4 is 50.7 Å². The molecular formula is C27H34ClN5O6S. The van der Waals surface area contributed by atoms with Gasteiger partial charge < -0.3 is 20.3 Å². The molecule has 2 saturated heterocycles. The molecule has 0 radical (unpaired) electrons. The molecule has 1 aromatic heterocycles. The zero-order valence-electron chi connectivity index (χ0n) is 22.2. The molecule has 1 aromatic carbocycles. The highest BCUT2D eigenvalue weighted by Crippen LogP contribution is 2.21. The van der Waals surface area contributed by atoms with Crippen molar-refractivity contribution in [1.82, 2.24) is 15.2 Å². The van der Waals surface area contributed by atoms with Gasteiger partial charge in [0.2, 0.25) is 11.8 Å². The number of ether oxygens (including phenoxy) is 1. The Morgan fingerprint density at radius 1 is 1.05 bits per heavy atom. The van der Waals surface area contributed by atoms with Crippen LogP contribution in [-0.2, 0) is 24.2 Å². The fraction of sp³-hybridized carbons (Fsp3) is 0.481. The highest BCUT2D eigenvalue weighted by molar-refractivity contribution is 7.91. The number of nitrogens with one attached hydrogen (secondary N) is 2. The van der Waals surface area contributed by atoms with Crippen molar-refractivity contribution < 1.29 is 27.5 Å². The number of pyridine rings is 1. The lowest BCUT2D eigenvalue weighted by Gasteiger charge is -2.27. The zero-order chi connectivity index (χ0) is 28.5. The first-order valence-corrected chi connectivity index (χ1v) is 15.5. The molecule has 40 heavy (non-hydrogen) atoms. The molecule has 11 nitrogen and oxygen atoms in total. The average molecular weight is 592 g/mol. The number of rotatable bonds is 11. The molecule has 0 spiro atoms. The molecule has 0 aliphatic carbocycles. The summed E-state index contributed by atoms with van der Waals surface area (Å²) in [6.45, 7) is 2.54.